The Morgan fingerprint density at radius 2 is 0.750 bits per heavy atom. The van der Waals surface area contributed by atoms with Gasteiger partial charge < -0.3 is 0 Å². The third-order valence-electron chi connectivity index (χ3n) is 0. The van der Waals surface area contributed by atoms with Gasteiger partial charge in [0.1, 0.15) is 0 Å². The maximum Gasteiger partial charge on any atom is 0 e. The molecule has 0 aromatic carbocycles. The molecule has 0 atom stereocenters. The van der Waals surface area contributed by atoms with Gasteiger partial charge in [0, 0.05) is 19.5 Å². The SMILES string of the molecule is Cl.Cl.[LiH].[Zn]. The van der Waals surface area contributed by atoms with Crippen LogP contribution in [0.3, 0.4) is 0 Å². The van der Waals surface area contributed by atoms with Crippen molar-refractivity contribution in [1.82, 2.24) is 0 Å². The zero-order valence-electron chi connectivity index (χ0n) is 1.52. The van der Waals surface area contributed by atoms with E-state index in [4.69, 9.17) is 0 Å². The van der Waals surface area contributed by atoms with Gasteiger partial charge in [-0.2, -0.15) is 0 Å². The Morgan fingerprint density at radius 3 is 0.750 bits per heavy atom. The molecule has 0 radical (unpaired) electrons. The van der Waals surface area contributed by atoms with E-state index >= 15 is 0 Å². The van der Waals surface area contributed by atoms with Gasteiger partial charge in [-0.15, -0.1) is 24.8 Å². The summed E-state index contributed by atoms with van der Waals surface area (Å²) in [5, 5.41) is 0. The van der Waals surface area contributed by atoms with E-state index in [0.717, 1.165) is 0 Å². The van der Waals surface area contributed by atoms with Crippen molar-refractivity contribution in [2.24, 2.45) is 0 Å². The monoisotopic (exact) mass is 144 g/mol. The number of rotatable bonds is 0. The minimum absolute atomic E-state index is 0. The Labute approximate surface area is 62.9 Å². The Bertz CT molecular complexity index is 6.00. The fraction of sp³-hybridized carbons (Fsp3) is 0. The molecule has 0 fully saturated rings. The van der Waals surface area contributed by atoms with E-state index in [9.17, 15) is 0 Å². The van der Waals surface area contributed by atoms with Gasteiger partial charge in [0.25, 0.3) is 0 Å². The summed E-state index contributed by atoms with van der Waals surface area (Å²) in [5.41, 5.74) is 0. The molecular formula is H3Cl2LiZn. The summed E-state index contributed by atoms with van der Waals surface area (Å²) in [4.78, 5) is 0. The molecule has 0 rings (SSSR count). The minimum atomic E-state index is 0. The van der Waals surface area contributed by atoms with Crippen LogP contribution in [0.4, 0.5) is 0 Å². The van der Waals surface area contributed by atoms with Gasteiger partial charge in [-0.1, -0.05) is 0 Å². The van der Waals surface area contributed by atoms with Crippen molar-refractivity contribution in [2.45, 2.75) is 0 Å². The van der Waals surface area contributed by atoms with Gasteiger partial charge in [0.05, 0.1) is 0 Å². The van der Waals surface area contributed by atoms with Crippen molar-refractivity contribution in [2.75, 3.05) is 0 Å². The van der Waals surface area contributed by atoms with Crippen molar-refractivity contribution in [3.63, 3.8) is 0 Å². The van der Waals surface area contributed by atoms with Crippen molar-refractivity contribution < 1.29 is 19.5 Å². The van der Waals surface area contributed by atoms with Gasteiger partial charge in [0.2, 0.25) is 0 Å². The van der Waals surface area contributed by atoms with Crippen molar-refractivity contribution in [1.29, 1.82) is 0 Å². The van der Waals surface area contributed by atoms with Gasteiger partial charge in [0.15, 0.2) is 0 Å². The van der Waals surface area contributed by atoms with Crippen LogP contribution in [0, 0.1) is 0 Å². The molecule has 0 N–H and O–H groups in total. The van der Waals surface area contributed by atoms with Crippen LogP contribution < -0.4 is 0 Å². The zero-order valence-corrected chi connectivity index (χ0v) is 6.12. The van der Waals surface area contributed by atoms with E-state index in [2.05, 4.69) is 0 Å². The molecule has 0 nitrogen and oxygen atoms in total. The minimum Gasteiger partial charge on any atom is 0 e. The smallest absolute Gasteiger partial charge is 0 e. The fourth-order valence-corrected chi connectivity index (χ4v) is 0. The predicted octanol–water partition coefficient (Wildman–Crippen LogP) is 0.193. The third kappa shape index (κ3) is 9.19. The summed E-state index contributed by atoms with van der Waals surface area (Å²) in [6.07, 6.45) is 0. The first-order valence-corrected chi connectivity index (χ1v) is 0. The fourth-order valence-electron chi connectivity index (χ4n) is 0. The standard InChI is InChI=1S/2ClH.Li.Zn.H/h2*1H;;;. The normalized spacial score (nSPS) is 0. The van der Waals surface area contributed by atoms with Crippen LogP contribution in [-0.2, 0) is 19.5 Å². The maximum atomic E-state index is 0. The van der Waals surface area contributed by atoms with E-state index in [0.29, 0.717) is 0 Å². The van der Waals surface area contributed by atoms with Crippen molar-refractivity contribution in [3.8, 4) is 0 Å². The molecule has 0 spiro atoms. The molecular weight excluding hydrogens is 143 g/mol. The first-order chi connectivity index (χ1) is 0. The van der Waals surface area contributed by atoms with Gasteiger partial charge in [-0.3, -0.25) is 0 Å². The molecule has 0 aliphatic rings. The van der Waals surface area contributed by atoms with E-state index in [-0.39, 0.29) is 63.2 Å². The van der Waals surface area contributed by atoms with Crippen LogP contribution in [0.25, 0.3) is 0 Å². The van der Waals surface area contributed by atoms with Gasteiger partial charge >= 0.3 is 18.9 Å². The van der Waals surface area contributed by atoms with Crippen LogP contribution in [0.5, 0.6) is 0 Å². The first-order valence-electron chi connectivity index (χ1n) is 0. The summed E-state index contributed by atoms with van der Waals surface area (Å²) in [7, 11) is 0. The van der Waals surface area contributed by atoms with E-state index in [1.54, 1.807) is 0 Å². The molecule has 0 heterocycles. The molecule has 0 aliphatic carbocycles. The average molecular weight is 146 g/mol. The zero-order chi connectivity index (χ0) is 0. The van der Waals surface area contributed by atoms with E-state index in [1.807, 2.05) is 0 Å². The van der Waals surface area contributed by atoms with Crippen LogP contribution in [0.1, 0.15) is 0 Å². The number of halogens is 2. The van der Waals surface area contributed by atoms with Gasteiger partial charge in [-0.25, -0.2) is 0 Å². The molecule has 0 aromatic heterocycles. The predicted molar refractivity (Wildman–Crippen MR) is 21.6 cm³/mol. The second kappa shape index (κ2) is 21.4. The summed E-state index contributed by atoms with van der Waals surface area (Å²) in [5.74, 6) is 0. The summed E-state index contributed by atoms with van der Waals surface area (Å²) in [6.45, 7) is 0. The van der Waals surface area contributed by atoms with Crippen LogP contribution in [-0.4, -0.2) is 18.9 Å². The molecule has 0 bridgehead atoms. The molecule has 0 aromatic rings. The van der Waals surface area contributed by atoms with Crippen LogP contribution in [0.15, 0.2) is 0 Å². The molecule has 20 valence electrons. The van der Waals surface area contributed by atoms with Crippen LogP contribution in [0.2, 0.25) is 0 Å². The molecule has 4 heavy (non-hydrogen) atoms. The maximum absolute atomic E-state index is 0. The van der Waals surface area contributed by atoms with E-state index in [1.165, 1.54) is 0 Å². The summed E-state index contributed by atoms with van der Waals surface area (Å²) >= 11 is 0. The Hall–Kier alpha value is 1.80. The summed E-state index contributed by atoms with van der Waals surface area (Å²) < 4.78 is 0. The Balaban J connectivity index is 0. The average Bonchev–Trinajstić information content (AvgIpc) is 0. The molecule has 0 aliphatic heterocycles. The molecule has 0 saturated heterocycles. The molecule has 0 amide bonds. The van der Waals surface area contributed by atoms with Crippen LogP contribution >= 0.6 is 24.8 Å². The second-order valence-electron chi connectivity index (χ2n) is 0. The topological polar surface area (TPSA) is 0 Å². The van der Waals surface area contributed by atoms with Crippen molar-refractivity contribution in [3.05, 3.63) is 0 Å². The quantitative estimate of drug-likeness (QED) is 0.428. The Kier molecular flexibility index (Phi) is 220. The molecule has 0 saturated carbocycles. The third-order valence-corrected chi connectivity index (χ3v) is 0. The van der Waals surface area contributed by atoms with Crippen molar-refractivity contribution >= 4 is 43.7 Å². The van der Waals surface area contributed by atoms with E-state index < -0.39 is 0 Å². The molecule has 4 heteroatoms. The molecule has 0 unspecified atom stereocenters. The summed E-state index contributed by atoms with van der Waals surface area (Å²) in [6, 6.07) is 0. The largest absolute Gasteiger partial charge is 0 e. The second-order valence-corrected chi connectivity index (χ2v) is 0. The number of hydrogen-bond donors (Lipinski definition) is 0. The van der Waals surface area contributed by atoms with Gasteiger partial charge in [-0.05, 0) is 0 Å². The number of hydrogen-bond acceptors (Lipinski definition) is 0. The Morgan fingerprint density at radius 1 is 0.750 bits per heavy atom. The first kappa shape index (κ1) is 41.2.